The maximum Gasteiger partial charge on any atom is 0.292 e. The number of rotatable bonds is 3. The van der Waals surface area contributed by atoms with Gasteiger partial charge in [0.2, 0.25) is 5.91 Å². The summed E-state index contributed by atoms with van der Waals surface area (Å²) in [7, 11) is 0. The molecule has 0 aliphatic carbocycles. The van der Waals surface area contributed by atoms with Crippen molar-refractivity contribution < 1.29 is 14.5 Å². The van der Waals surface area contributed by atoms with Gasteiger partial charge in [0.05, 0.1) is 49.0 Å². The number of piperazine rings is 1. The number of anilines is 2. The van der Waals surface area contributed by atoms with Crippen molar-refractivity contribution in [3.8, 4) is 0 Å². The van der Waals surface area contributed by atoms with E-state index in [9.17, 15) is 9.59 Å². The summed E-state index contributed by atoms with van der Waals surface area (Å²) < 4.78 is 0.920. The average molecular weight is 450 g/mol. The standard InChI is InChI=1S/C20H19BrClN3O2/c21-14-5-7-15(8-6-14)25-19(26)13-18(20(25)27)24-11-9-23(10-12-24)17-4-2-1-3-16(17)22/h1-8,18H,9-13H2/p+1/t18-/m0/s1. The Morgan fingerprint density at radius 3 is 2.33 bits per heavy atom. The molecule has 1 N–H and O–H groups in total. The van der Waals surface area contributed by atoms with Crippen molar-refractivity contribution in [1.29, 1.82) is 0 Å². The van der Waals surface area contributed by atoms with Gasteiger partial charge in [-0.3, -0.25) is 9.59 Å². The van der Waals surface area contributed by atoms with Crippen LogP contribution in [0.2, 0.25) is 5.02 Å². The van der Waals surface area contributed by atoms with Gasteiger partial charge in [0.1, 0.15) is 0 Å². The molecule has 2 aliphatic heterocycles. The van der Waals surface area contributed by atoms with Crippen LogP contribution in [0.15, 0.2) is 53.0 Å². The zero-order chi connectivity index (χ0) is 19.0. The molecular weight excluding hydrogens is 430 g/mol. The minimum atomic E-state index is -0.297. The predicted molar refractivity (Wildman–Crippen MR) is 109 cm³/mol. The number of benzene rings is 2. The van der Waals surface area contributed by atoms with Gasteiger partial charge < -0.3 is 9.80 Å². The first-order chi connectivity index (χ1) is 13.0. The van der Waals surface area contributed by atoms with Gasteiger partial charge in [0.15, 0.2) is 6.04 Å². The Morgan fingerprint density at radius 2 is 1.67 bits per heavy atom. The first-order valence-electron chi connectivity index (χ1n) is 9.01. The van der Waals surface area contributed by atoms with Gasteiger partial charge in [-0.05, 0) is 36.4 Å². The molecular formula is C20H20BrClN3O2+. The van der Waals surface area contributed by atoms with Crippen LogP contribution in [0.5, 0.6) is 0 Å². The lowest BCUT2D eigenvalue weighted by molar-refractivity contribution is -0.915. The molecule has 2 fully saturated rings. The highest BCUT2D eigenvalue weighted by Gasteiger charge is 2.46. The van der Waals surface area contributed by atoms with Crippen LogP contribution in [0.3, 0.4) is 0 Å². The molecule has 1 atom stereocenters. The Kier molecular flexibility index (Phi) is 5.21. The smallest absolute Gasteiger partial charge is 0.292 e. The highest BCUT2D eigenvalue weighted by atomic mass is 79.9. The van der Waals surface area contributed by atoms with E-state index < -0.39 is 0 Å². The number of nitrogens with zero attached hydrogens (tertiary/aromatic N) is 2. The molecule has 0 unspecified atom stereocenters. The van der Waals surface area contributed by atoms with E-state index in [1.54, 1.807) is 12.1 Å². The number of halogens is 2. The third kappa shape index (κ3) is 3.61. The maximum absolute atomic E-state index is 12.9. The molecule has 2 heterocycles. The fourth-order valence-corrected chi connectivity index (χ4v) is 4.42. The van der Waals surface area contributed by atoms with Gasteiger partial charge in [-0.15, -0.1) is 0 Å². The highest BCUT2D eigenvalue weighted by Crippen LogP contribution is 2.26. The molecule has 2 aromatic carbocycles. The molecule has 0 radical (unpaired) electrons. The number of imide groups is 1. The number of carbonyl (C=O) groups excluding carboxylic acids is 2. The molecule has 2 amide bonds. The van der Waals surface area contributed by atoms with Crippen molar-refractivity contribution in [2.24, 2.45) is 0 Å². The van der Waals surface area contributed by atoms with Crippen LogP contribution in [0, 0.1) is 0 Å². The van der Waals surface area contributed by atoms with E-state index in [0.717, 1.165) is 41.4 Å². The van der Waals surface area contributed by atoms with E-state index in [1.807, 2.05) is 36.4 Å². The average Bonchev–Trinajstić information content (AvgIpc) is 2.97. The minimum absolute atomic E-state index is 0.0940. The zero-order valence-corrected chi connectivity index (χ0v) is 17.0. The van der Waals surface area contributed by atoms with Crippen molar-refractivity contribution in [2.45, 2.75) is 12.5 Å². The maximum atomic E-state index is 12.9. The first kappa shape index (κ1) is 18.5. The molecule has 7 heteroatoms. The Labute approximate surface area is 171 Å². The summed E-state index contributed by atoms with van der Waals surface area (Å²) in [5.74, 6) is -0.211. The lowest BCUT2D eigenvalue weighted by Crippen LogP contribution is -3.19. The third-order valence-corrected chi connectivity index (χ3v) is 6.17. The number of hydrogen-bond donors (Lipinski definition) is 1. The number of quaternary nitrogens is 1. The normalized spacial score (nSPS) is 21.2. The van der Waals surface area contributed by atoms with Crippen molar-refractivity contribution in [1.82, 2.24) is 0 Å². The fourth-order valence-electron chi connectivity index (χ4n) is 3.90. The van der Waals surface area contributed by atoms with E-state index in [0.29, 0.717) is 5.69 Å². The van der Waals surface area contributed by atoms with Crippen LogP contribution >= 0.6 is 27.5 Å². The fraction of sp³-hybridized carbons (Fsp3) is 0.300. The Bertz CT molecular complexity index is 866. The van der Waals surface area contributed by atoms with Crippen LogP contribution in [-0.2, 0) is 9.59 Å². The number of amides is 2. The molecule has 2 aromatic rings. The summed E-state index contributed by atoms with van der Waals surface area (Å²) in [5, 5.41) is 0.745. The number of hydrogen-bond acceptors (Lipinski definition) is 3. The molecule has 4 rings (SSSR count). The summed E-state index contributed by atoms with van der Waals surface area (Å²) in [5.41, 5.74) is 1.67. The van der Waals surface area contributed by atoms with Crippen molar-refractivity contribution in [2.75, 3.05) is 36.0 Å². The summed E-state index contributed by atoms with van der Waals surface area (Å²) in [6.45, 7) is 3.25. The van der Waals surface area contributed by atoms with Crippen molar-refractivity contribution >= 4 is 50.7 Å². The van der Waals surface area contributed by atoms with Crippen LogP contribution in [0.1, 0.15) is 6.42 Å². The lowest BCUT2D eigenvalue weighted by atomic mass is 10.1. The topological polar surface area (TPSA) is 45.1 Å². The van der Waals surface area contributed by atoms with E-state index in [4.69, 9.17) is 11.6 Å². The molecule has 0 spiro atoms. The number of carbonyl (C=O) groups is 2. The van der Waals surface area contributed by atoms with Gasteiger partial charge in [0, 0.05) is 4.47 Å². The van der Waals surface area contributed by atoms with E-state index >= 15 is 0 Å². The Morgan fingerprint density at radius 1 is 1.00 bits per heavy atom. The Hall–Kier alpha value is -1.89. The quantitative estimate of drug-likeness (QED) is 0.730. The molecule has 140 valence electrons. The summed E-state index contributed by atoms with van der Waals surface area (Å²) in [6, 6.07) is 14.8. The van der Waals surface area contributed by atoms with Crippen LogP contribution in [-0.4, -0.2) is 44.0 Å². The molecule has 2 saturated heterocycles. The highest BCUT2D eigenvalue weighted by molar-refractivity contribution is 9.10. The largest absolute Gasteiger partial charge is 0.359 e. The van der Waals surface area contributed by atoms with Crippen LogP contribution < -0.4 is 14.7 Å². The summed E-state index contributed by atoms with van der Waals surface area (Å²) in [4.78, 5) is 30.2. The van der Waals surface area contributed by atoms with Crippen molar-refractivity contribution in [3.63, 3.8) is 0 Å². The third-order valence-electron chi connectivity index (χ3n) is 5.32. The van der Waals surface area contributed by atoms with Gasteiger partial charge in [-0.2, -0.15) is 0 Å². The molecule has 0 bridgehead atoms. The van der Waals surface area contributed by atoms with Gasteiger partial charge in [0.25, 0.3) is 5.91 Å². The number of nitrogens with one attached hydrogen (secondary N) is 1. The first-order valence-corrected chi connectivity index (χ1v) is 10.2. The van der Waals surface area contributed by atoms with Crippen molar-refractivity contribution in [3.05, 3.63) is 58.0 Å². The lowest BCUT2D eigenvalue weighted by Gasteiger charge is -2.36. The van der Waals surface area contributed by atoms with E-state index in [1.165, 1.54) is 9.80 Å². The SMILES string of the molecule is O=C1C[C@H]([NH+]2CCN(c3ccccc3Cl)CC2)C(=O)N1c1ccc(Br)cc1. The zero-order valence-electron chi connectivity index (χ0n) is 14.7. The monoisotopic (exact) mass is 448 g/mol. The second-order valence-corrected chi connectivity index (χ2v) is 8.22. The molecule has 0 saturated carbocycles. The van der Waals surface area contributed by atoms with E-state index in [2.05, 4.69) is 20.8 Å². The molecule has 5 nitrogen and oxygen atoms in total. The summed E-state index contributed by atoms with van der Waals surface area (Å²) >= 11 is 9.69. The second-order valence-electron chi connectivity index (χ2n) is 6.90. The van der Waals surface area contributed by atoms with Crippen LogP contribution in [0.4, 0.5) is 11.4 Å². The molecule has 27 heavy (non-hydrogen) atoms. The second kappa shape index (κ2) is 7.62. The minimum Gasteiger partial charge on any atom is -0.359 e. The Balaban J connectivity index is 1.44. The molecule has 0 aromatic heterocycles. The van der Waals surface area contributed by atoms with Gasteiger partial charge in [-0.25, -0.2) is 4.90 Å². The predicted octanol–water partition coefficient (Wildman–Crippen LogP) is 2.14. The van der Waals surface area contributed by atoms with Gasteiger partial charge in [-0.1, -0.05) is 39.7 Å². The van der Waals surface area contributed by atoms with Gasteiger partial charge >= 0.3 is 0 Å². The summed E-state index contributed by atoms with van der Waals surface area (Å²) in [6.07, 6.45) is 0.274. The van der Waals surface area contributed by atoms with Crippen LogP contribution in [0.25, 0.3) is 0 Å². The molecule has 2 aliphatic rings. The number of para-hydroxylation sites is 1. The van der Waals surface area contributed by atoms with E-state index in [-0.39, 0.29) is 24.3 Å².